The number of hydrogen-bond donors (Lipinski definition) is 3. The van der Waals surface area contributed by atoms with E-state index in [1.807, 2.05) is 0 Å². The van der Waals surface area contributed by atoms with Crippen molar-refractivity contribution in [3.63, 3.8) is 0 Å². The maximum Gasteiger partial charge on any atom is 0.456 e. The Bertz CT molecular complexity index is 179. The van der Waals surface area contributed by atoms with Gasteiger partial charge in [0.25, 0.3) is 0 Å². The summed E-state index contributed by atoms with van der Waals surface area (Å²) >= 11 is -0.230. The van der Waals surface area contributed by atoms with E-state index in [2.05, 4.69) is 10.0 Å². The molecule has 2 unspecified atom stereocenters. The molecule has 0 radical (unpaired) electrons. The first-order valence-corrected chi connectivity index (χ1v) is 5.16. The van der Waals surface area contributed by atoms with Gasteiger partial charge in [0.1, 0.15) is 0 Å². The Kier molecular flexibility index (Phi) is 4.49. The Morgan fingerprint density at radius 2 is 2.21 bits per heavy atom. The molecule has 2 atom stereocenters. The minimum Gasteiger partial charge on any atom is -0.396 e. The van der Waals surface area contributed by atoms with Gasteiger partial charge in [-0.25, -0.2) is 0 Å². The summed E-state index contributed by atoms with van der Waals surface area (Å²) in [6.45, 7) is 1.16. The van der Waals surface area contributed by atoms with Gasteiger partial charge in [-0.2, -0.15) is 13.2 Å². The van der Waals surface area contributed by atoms with Gasteiger partial charge in [-0.3, -0.25) is 4.72 Å². The van der Waals surface area contributed by atoms with E-state index in [0.717, 1.165) is 0 Å². The maximum atomic E-state index is 11.9. The van der Waals surface area contributed by atoms with E-state index in [0.29, 0.717) is 19.5 Å². The molecular weight excluding hydrogens is 217 g/mol. The minimum absolute atomic E-state index is 0.0942. The predicted molar refractivity (Wildman–Crippen MR) is 48.6 cm³/mol. The van der Waals surface area contributed by atoms with E-state index in [1.54, 1.807) is 0 Å². The minimum atomic E-state index is -4.26. The number of rotatable bonds is 3. The fraction of sp³-hybridized carbons (Fsp3) is 1.00. The topological polar surface area (TPSA) is 44.3 Å². The number of alkyl halides is 3. The summed E-state index contributed by atoms with van der Waals surface area (Å²) < 4.78 is 37.9. The molecule has 84 valence electrons. The number of nitrogens with one attached hydrogen (secondary N) is 2. The molecule has 0 amide bonds. The van der Waals surface area contributed by atoms with Gasteiger partial charge in [0, 0.05) is 37.1 Å². The third-order valence-electron chi connectivity index (χ3n) is 2.17. The van der Waals surface area contributed by atoms with Gasteiger partial charge in [0.05, 0.1) is 0 Å². The van der Waals surface area contributed by atoms with Crippen molar-refractivity contribution in [2.24, 2.45) is 5.92 Å². The number of halogens is 3. The number of piperidine rings is 1. The molecule has 1 aliphatic heterocycles. The maximum absolute atomic E-state index is 11.9. The molecule has 3 N–H and O–H groups in total. The first-order valence-electron chi connectivity index (χ1n) is 4.35. The average molecular weight is 230 g/mol. The first kappa shape index (κ1) is 12.1. The van der Waals surface area contributed by atoms with E-state index in [1.165, 1.54) is 0 Å². The molecule has 1 rings (SSSR count). The molecule has 14 heavy (non-hydrogen) atoms. The van der Waals surface area contributed by atoms with Gasteiger partial charge >= 0.3 is 5.51 Å². The Morgan fingerprint density at radius 3 is 2.79 bits per heavy atom. The largest absolute Gasteiger partial charge is 0.456 e. The summed E-state index contributed by atoms with van der Waals surface area (Å²) in [5.74, 6) is -0.140. The molecular formula is C7H13F3N2OS. The van der Waals surface area contributed by atoms with E-state index in [4.69, 9.17) is 5.11 Å². The standard InChI is InChI=1S/C7H13F3N2OS/c8-7(9,10)14-12-6-1-2-11-3-5(6)4-13/h5-6,11-13H,1-4H2. The molecule has 0 aromatic carbocycles. The quantitative estimate of drug-likeness (QED) is 0.625. The summed E-state index contributed by atoms with van der Waals surface area (Å²) in [4.78, 5) is 0. The smallest absolute Gasteiger partial charge is 0.396 e. The van der Waals surface area contributed by atoms with Crippen molar-refractivity contribution in [1.29, 1.82) is 0 Å². The van der Waals surface area contributed by atoms with Crippen LogP contribution < -0.4 is 10.0 Å². The molecule has 1 aliphatic rings. The van der Waals surface area contributed by atoms with Crippen LogP contribution in [-0.4, -0.2) is 36.4 Å². The van der Waals surface area contributed by atoms with Crippen molar-refractivity contribution in [3.8, 4) is 0 Å². The molecule has 1 heterocycles. The second-order valence-corrected chi connectivity index (χ2v) is 4.11. The summed E-state index contributed by atoms with van der Waals surface area (Å²) in [5, 5.41) is 11.9. The highest BCUT2D eigenvalue weighted by molar-refractivity contribution is 7.98. The molecule has 0 aliphatic carbocycles. The summed E-state index contributed by atoms with van der Waals surface area (Å²) in [6.07, 6.45) is 0.605. The van der Waals surface area contributed by atoms with E-state index >= 15 is 0 Å². The van der Waals surface area contributed by atoms with Crippen molar-refractivity contribution in [1.82, 2.24) is 10.0 Å². The van der Waals surface area contributed by atoms with Crippen molar-refractivity contribution in [2.75, 3.05) is 19.7 Å². The van der Waals surface area contributed by atoms with Crippen molar-refractivity contribution in [2.45, 2.75) is 18.0 Å². The van der Waals surface area contributed by atoms with Crippen LogP contribution in [-0.2, 0) is 0 Å². The molecule has 7 heteroatoms. The van der Waals surface area contributed by atoms with Gasteiger partial charge < -0.3 is 10.4 Å². The third-order valence-corrected chi connectivity index (χ3v) is 2.82. The zero-order chi connectivity index (χ0) is 10.6. The molecule has 3 nitrogen and oxygen atoms in total. The highest BCUT2D eigenvalue weighted by atomic mass is 32.2. The molecule has 0 bridgehead atoms. The molecule has 1 saturated heterocycles. The lowest BCUT2D eigenvalue weighted by Crippen LogP contribution is -2.47. The lowest BCUT2D eigenvalue weighted by molar-refractivity contribution is -0.0341. The Balaban J connectivity index is 2.33. The second-order valence-electron chi connectivity index (χ2n) is 3.21. The van der Waals surface area contributed by atoms with Crippen LogP contribution in [0.1, 0.15) is 6.42 Å². The molecule has 0 spiro atoms. The third kappa shape index (κ3) is 4.04. The predicted octanol–water partition coefficient (Wildman–Crippen LogP) is 0.714. The zero-order valence-electron chi connectivity index (χ0n) is 7.47. The summed E-state index contributed by atoms with van der Waals surface area (Å²) in [7, 11) is 0. The summed E-state index contributed by atoms with van der Waals surface area (Å²) in [6, 6.07) is -0.270. The monoisotopic (exact) mass is 230 g/mol. The molecule has 0 aromatic heterocycles. The van der Waals surface area contributed by atoms with Gasteiger partial charge in [0.15, 0.2) is 0 Å². The Hall–Kier alpha value is 0.0200. The van der Waals surface area contributed by atoms with Gasteiger partial charge in [-0.1, -0.05) is 0 Å². The van der Waals surface area contributed by atoms with Gasteiger partial charge in [-0.15, -0.1) is 0 Å². The fourth-order valence-corrected chi connectivity index (χ4v) is 2.01. The fourth-order valence-electron chi connectivity index (χ4n) is 1.41. The molecule has 0 saturated carbocycles. The zero-order valence-corrected chi connectivity index (χ0v) is 8.29. The average Bonchev–Trinajstić information content (AvgIpc) is 2.14. The first-order chi connectivity index (χ1) is 6.53. The van der Waals surface area contributed by atoms with Crippen LogP contribution >= 0.6 is 11.9 Å². The highest BCUT2D eigenvalue weighted by Crippen LogP contribution is 2.29. The number of aliphatic hydroxyl groups is 1. The van der Waals surface area contributed by atoms with Crippen LogP contribution in [0.15, 0.2) is 0 Å². The van der Waals surface area contributed by atoms with Crippen molar-refractivity contribution in [3.05, 3.63) is 0 Å². The molecule has 1 fully saturated rings. The summed E-state index contributed by atoms with van der Waals surface area (Å²) in [5.41, 5.74) is -4.26. The van der Waals surface area contributed by atoms with E-state index in [9.17, 15) is 13.2 Å². The number of hydrogen-bond acceptors (Lipinski definition) is 4. The molecule has 0 aromatic rings. The second kappa shape index (κ2) is 5.20. The van der Waals surface area contributed by atoms with E-state index in [-0.39, 0.29) is 30.5 Å². The van der Waals surface area contributed by atoms with Crippen LogP contribution in [0, 0.1) is 5.92 Å². The highest BCUT2D eigenvalue weighted by Gasteiger charge is 2.32. The van der Waals surface area contributed by atoms with E-state index < -0.39 is 5.51 Å². The van der Waals surface area contributed by atoms with Crippen LogP contribution in [0.5, 0.6) is 0 Å². The SMILES string of the molecule is OCC1CNCCC1NSC(F)(F)F. The van der Waals surface area contributed by atoms with Crippen LogP contribution in [0.3, 0.4) is 0 Å². The van der Waals surface area contributed by atoms with Crippen molar-refractivity contribution < 1.29 is 18.3 Å². The van der Waals surface area contributed by atoms with Crippen molar-refractivity contribution >= 4 is 11.9 Å². The Labute approximate surface area is 84.6 Å². The number of aliphatic hydroxyl groups excluding tert-OH is 1. The normalized spacial score (nSPS) is 29.1. The van der Waals surface area contributed by atoms with Gasteiger partial charge in [-0.05, 0) is 13.0 Å². The lowest BCUT2D eigenvalue weighted by Gasteiger charge is -2.31. The van der Waals surface area contributed by atoms with Crippen LogP contribution in [0.2, 0.25) is 0 Å². The Morgan fingerprint density at radius 1 is 1.50 bits per heavy atom. The lowest BCUT2D eigenvalue weighted by atomic mass is 9.95. The van der Waals surface area contributed by atoms with Gasteiger partial charge in [0.2, 0.25) is 0 Å². The van der Waals surface area contributed by atoms with Crippen LogP contribution in [0.25, 0.3) is 0 Å². The van der Waals surface area contributed by atoms with Crippen LogP contribution in [0.4, 0.5) is 13.2 Å².